The van der Waals surface area contributed by atoms with Crippen LogP contribution in [0.1, 0.15) is 19.5 Å². The van der Waals surface area contributed by atoms with E-state index < -0.39 is 0 Å². The fourth-order valence-corrected chi connectivity index (χ4v) is 1.56. The number of nitrogens with zero attached hydrogens (tertiary/aromatic N) is 2. The van der Waals surface area contributed by atoms with Crippen molar-refractivity contribution in [3.8, 4) is 0 Å². The number of nitrogens with one attached hydrogen (secondary N) is 1. The number of hydrogen-bond acceptors (Lipinski definition) is 5. The smallest absolute Gasteiger partial charge is 0.332 e. The van der Waals surface area contributed by atoms with Crippen molar-refractivity contribution in [2.45, 2.75) is 20.3 Å². The van der Waals surface area contributed by atoms with E-state index in [2.05, 4.69) is 17.3 Å². The first-order chi connectivity index (χ1) is 8.67. The van der Waals surface area contributed by atoms with Crippen LogP contribution < -0.4 is 5.32 Å². The van der Waals surface area contributed by atoms with Gasteiger partial charge in [0.1, 0.15) is 6.61 Å². The molecule has 0 fully saturated rings. The highest BCUT2D eigenvalue weighted by Gasteiger charge is 2.05. The van der Waals surface area contributed by atoms with Crippen molar-refractivity contribution in [3.05, 3.63) is 11.9 Å². The molecule has 6 heteroatoms. The molecule has 1 heterocycles. The first-order valence-corrected chi connectivity index (χ1v) is 6.17. The van der Waals surface area contributed by atoms with E-state index in [1.54, 1.807) is 11.6 Å². The quantitative estimate of drug-likeness (QED) is 0.554. The Morgan fingerprint density at radius 3 is 2.94 bits per heavy atom. The number of esters is 1. The third-order valence-corrected chi connectivity index (χ3v) is 2.33. The fraction of sp³-hybridized carbons (Fsp3) is 0.667. The molecular formula is C12H21N3O3. The zero-order valence-electron chi connectivity index (χ0n) is 11.2. The van der Waals surface area contributed by atoms with Crippen LogP contribution in [-0.2, 0) is 27.7 Å². The number of aryl methyl sites for hydroxylation is 2. The Morgan fingerprint density at radius 2 is 2.28 bits per heavy atom. The van der Waals surface area contributed by atoms with Gasteiger partial charge in [-0.25, -0.2) is 4.79 Å². The van der Waals surface area contributed by atoms with Crippen molar-refractivity contribution in [2.24, 2.45) is 7.05 Å². The highest BCUT2D eigenvalue weighted by Crippen LogP contribution is 2.12. The van der Waals surface area contributed by atoms with Crippen molar-refractivity contribution >= 4 is 11.7 Å². The van der Waals surface area contributed by atoms with Gasteiger partial charge in [-0.1, -0.05) is 6.92 Å². The molecule has 1 rings (SSSR count). The summed E-state index contributed by atoms with van der Waals surface area (Å²) in [5.74, 6) is -0.326. The zero-order chi connectivity index (χ0) is 13.4. The Bertz CT molecular complexity index is 377. The number of ether oxygens (including phenoxy) is 2. The van der Waals surface area contributed by atoms with Gasteiger partial charge in [0.2, 0.25) is 0 Å². The topological polar surface area (TPSA) is 65.4 Å². The van der Waals surface area contributed by atoms with Crippen molar-refractivity contribution in [1.82, 2.24) is 9.78 Å². The Morgan fingerprint density at radius 1 is 1.50 bits per heavy atom. The summed E-state index contributed by atoms with van der Waals surface area (Å²) in [4.78, 5) is 11.0. The highest BCUT2D eigenvalue weighted by atomic mass is 16.6. The minimum Gasteiger partial charge on any atom is -0.464 e. The van der Waals surface area contributed by atoms with Crippen LogP contribution in [0.25, 0.3) is 0 Å². The lowest BCUT2D eigenvalue weighted by molar-refractivity contribution is -0.148. The van der Waals surface area contributed by atoms with Crippen LogP contribution in [0.2, 0.25) is 0 Å². The molecule has 0 aliphatic heterocycles. The third-order valence-electron chi connectivity index (χ3n) is 2.33. The number of hydrogen-bond donors (Lipinski definition) is 1. The van der Waals surface area contributed by atoms with E-state index in [9.17, 15) is 4.79 Å². The molecule has 0 aromatic carbocycles. The molecule has 6 nitrogen and oxygen atoms in total. The second kappa shape index (κ2) is 7.71. The van der Waals surface area contributed by atoms with Crippen LogP contribution in [0, 0.1) is 0 Å². The molecule has 1 aromatic heterocycles. The summed E-state index contributed by atoms with van der Waals surface area (Å²) in [5, 5.41) is 7.55. The summed E-state index contributed by atoms with van der Waals surface area (Å²) in [5.41, 5.74) is 2.04. The predicted molar refractivity (Wildman–Crippen MR) is 68.5 cm³/mol. The van der Waals surface area contributed by atoms with E-state index in [1.165, 1.54) is 0 Å². The maximum Gasteiger partial charge on any atom is 0.332 e. The van der Waals surface area contributed by atoms with Crippen molar-refractivity contribution in [1.29, 1.82) is 0 Å². The van der Waals surface area contributed by atoms with Gasteiger partial charge in [0.15, 0.2) is 0 Å². The van der Waals surface area contributed by atoms with Gasteiger partial charge >= 0.3 is 5.97 Å². The molecule has 0 atom stereocenters. The fourth-order valence-electron chi connectivity index (χ4n) is 1.56. The molecule has 0 spiro atoms. The van der Waals surface area contributed by atoms with Crippen LogP contribution in [0.4, 0.5) is 5.69 Å². The number of carbonyl (C=O) groups is 1. The van der Waals surface area contributed by atoms with E-state index in [0.29, 0.717) is 19.8 Å². The number of aromatic nitrogens is 2. The molecule has 18 heavy (non-hydrogen) atoms. The van der Waals surface area contributed by atoms with Gasteiger partial charge in [-0.3, -0.25) is 4.68 Å². The Labute approximate surface area is 107 Å². The molecule has 1 N–H and O–H groups in total. The lowest BCUT2D eigenvalue weighted by Crippen LogP contribution is -2.16. The first kappa shape index (κ1) is 14.5. The maximum absolute atomic E-state index is 11.0. The van der Waals surface area contributed by atoms with Crippen molar-refractivity contribution in [2.75, 3.05) is 31.7 Å². The van der Waals surface area contributed by atoms with Crippen molar-refractivity contribution < 1.29 is 14.3 Å². The van der Waals surface area contributed by atoms with Gasteiger partial charge in [-0.2, -0.15) is 5.10 Å². The van der Waals surface area contributed by atoms with E-state index in [-0.39, 0.29) is 12.6 Å². The van der Waals surface area contributed by atoms with Crippen molar-refractivity contribution in [3.63, 3.8) is 0 Å². The van der Waals surface area contributed by atoms with Crippen LogP contribution in [-0.4, -0.2) is 42.1 Å². The van der Waals surface area contributed by atoms with Gasteiger partial charge in [0.25, 0.3) is 0 Å². The molecule has 0 bridgehead atoms. The summed E-state index contributed by atoms with van der Waals surface area (Å²) in [6.45, 7) is 5.31. The Kier molecular flexibility index (Phi) is 6.21. The summed E-state index contributed by atoms with van der Waals surface area (Å²) in [6, 6.07) is 0. The largest absolute Gasteiger partial charge is 0.464 e. The molecule has 0 aliphatic rings. The van der Waals surface area contributed by atoms with Gasteiger partial charge in [0.05, 0.1) is 24.6 Å². The first-order valence-electron chi connectivity index (χ1n) is 6.17. The van der Waals surface area contributed by atoms with E-state index >= 15 is 0 Å². The Balaban J connectivity index is 2.19. The highest BCUT2D eigenvalue weighted by molar-refractivity contribution is 5.70. The lowest BCUT2D eigenvalue weighted by atomic mass is 10.3. The summed E-state index contributed by atoms with van der Waals surface area (Å²) in [7, 11) is 1.89. The van der Waals surface area contributed by atoms with Gasteiger partial charge < -0.3 is 14.8 Å². The maximum atomic E-state index is 11.0. The molecular weight excluding hydrogens is 234 g/mol. The van der Waals surface area contributed by atoms with Crippen LogP contribution in [0.15, 0.2) is 6.20 Å². The monoisotopic (exact) mass is 255 g/mol. The second-order valence-corrected chi connectivity index (χ2v) is 3.80. The average molecular weight is 255 g/mol. The summed E-state index contributed by atoms with van der Waals surface area (Å²) >= 11 is 0. The van der Waals surface area contributed by atoms with Gasteiger partial charge in [-0.15, -0.1) is 0 Å². The standard InChI is InChI=1S/C12H21N3O3/c1-4-10-11(8-15(3)14-10)13-6-7-17-9-12(16)18-5-2/h8,13H,4-7,9H2,1-3H3. The van der Waals surface area contributed by atoms with Gasteiger partial charge in [-0.05, 0) is 13.3 Å². The number of anilines is 1. The van der Waals surface area contributed by atoms with Crippen LogP contribution in [0.3, 0.4) is 0 Å². The van der Waals surface area contributed by atoms with E-state index in [4.69, 9.17) is 9.47 Å². The predicted octanol–water partition coefficient (Wildman–Crippen LogP) is 0.974. The summed E-state index contributed by atoms with van der Waals surface area (Å²) < 4.78 is 11.7. The molecule has 1 aromatic rings. The molecule has 0 radical (unpaired) electrons. The number of rotatable bonds is 8. The Hall–Kier alpha value is -1.56. The number of carbonyl (C=O) groups excluding carboxylic acids is 1. The summed E-state index contributed by atoms with van der Waals surface area (Å²) in [6.07, 6.45) is 2.82. The van der Waals surface area contributed by atoms with Crippen LogP contribution in [0.5, 0.6) is 0 Å². The van der Waals surface area contributed by atoms with E-state index in [1.807, 2.05) is 13.2 Å². The minimum absolute atomic E-state index is 0.00317. The molecule has 102 valence electrons. The van der Waals surface area contributed by atoms with E-state index in [0.717, 1.165) is 17.8 Å². The average Bonchev–Trinajstić information content (AvgIpc) is 2.69. The lowest BCUT2D eigenvalue weighted by Gasteiger charge is -2.06. The molecule has 0 aliphatic carbocycles. The minimum atomic E-state index is -0.326. The second-order valence-electron chi connectivity index (χ2n) is 3.80. The molecule has 0 amide bonds. The third kappa shape index (κ3) is 4.75. The molecule has 0 saturated heterocycles. The van der Waals surface area contributed by atoms with Gasteiger partial charge in [0, 0.05) is 19.8 Å². The molecule has 0 unspecified atom stereocenters. The molecule has 0 saturated carbocycles. The SMILES string of the molecule is CCOC(=O)COCCNc1cn(C)nc1CC. The van der Waals surface area contributed by atoms with Crippen LogP contribution >= 0.6 is 0 Å². The normalized spacial score (nSPS) is 10.4. The zero-order valence-corrected chi connectivity index (χ0v) is 11.2.